The van der Waals surface area contributed by atoms with Gasteiger partial charge in [0.15, 0.2) is 6.10 Å². The summed E-state index contributed by atoms with van der Waals surface area (Å²) in [5.74, 6) is -0.848. The maximum Gasteiger partial charge on any atom is 0.332 e. The van der Waals surface area contributed by atoms with Gasteiger partial charge in [-0.2, -0.15) is 0 Å². The van der Waals surface area contributed by atoms with E-state index in [0.29, 0.717) is 6.42 Å². The Hall–Kier alpha value is -0.610. The van der Waals surface area contributed by atoms with Crippen molar-refractivity contribution in [3.8, 4) is 0 Å². The van der Waals surface area contributed by atoms with E-state index in [2.05, 4.69) is 0 Å². The van der Waals surface area contributed by atoms with Gasteiger partial charge in [0, 0.05) is 6.61 Å². The molecule has 2 heterocycles. The van der Waals surface area contributed by atoms with Gasteiger partial charge < -0.3 is 14.6 Å². The van der Waals surface area contributed by atoms with Crippen molar-refractivity contribution in [1.29, 1.82) is 0 Å². The van der Waals surface area contributed by atoms with Crippen molar-refractivity contribution in [2.45, 2.75) is 56.8 Å². The van der Waals surface area contributed by atoms with Gasteiger partial charge in [0.05, 0.1) is 11.7 Å². The molecular weight excluding hydrogens is 196 g/mol. The highest BCUT2D eigenvalue weighted by Gasteiger charge is 2.43. The Kier molecular flexibility index (Phi) is 2.98. The van der Waals surface area contributed by atoms with Gasteiger partial charge in [-0.25, -0.2) is 4.79 Å². The minimum Gasteiger partial charge on any atom is -0.479 e. The van der Waals surface area contributed by atoms with E-state index in [1.54, 1.807) is 0 Å². The van der Waals surface area contributed by atoms with Crippen LogP contribution in [0.4, 0.5) is 0 Å². The SMILES string of the molecule is CC1(C2CCCO2)CCCC(C(=O)O)O1. The number of hydrogen-bond donors (Lipinski definition) is 1. The molecule has 3 atom stereocenters. The Bertz CT molecular complexity index is 247. The lowest BCUT2D eigenvalue weighted by Crippen LogP contribution is -2.49. The number of rotatable bonds is 2. The van der Waals surface area contributed by atoms with Crippen molar-refractivity contribution in [1.82, 2.24) is 0 Å². The number of aliphatic carboxylic acids is 1. The van der Waals surface area contributed by atoms with E-state index in [1.165, 1.54) is 0 Å². The van der Waals surface area contributed by atoms with Crippen LogP contribution < -0.4 is 0 Å². The summed E-state index contributed by atoms with van der Waals surface area (Å²) >= 11 is 0. The predicted molar refractivity (Wildman–Crippen MR) is 53.7 cm³/mol. The van der Waals surface area contributed by atoms with Crippen LogP contribution >= 0.6 is 0 Å². The number of ether oxygens (including phenoxy) is 2. The Balaban J connectivity index is 2.03. The van der Waals surface area contributed by atoms with Gasteiger partial charge in [0.2, 0.25) is 0 Å². The Labute approximate surface area is 89.6 Å². The number of carbonyl (C=O) groups is 1. The Morgan fingerprint density at radius 2 is 2.20 bits per heavy atom. The highest BCUT2D eigenvalue weighted by Crippen LogP contribution is 2.36. The molecule has 15 heavy (non-hydrogen) atoms. The first kappa shape index (κ1) is 10.9. The van der Waals surface area contributed by atoms with Gasteiger partial charge in [0.25, 0.3) is 0 Å². The fourth-order valence-corrected chi connectivity index (χ4v) is 2.55. The molecule has 0 aromatic rings. The molecule has 0 spiro atoms. The molecule has 0 amide bonds. The third kappa shape index (κ3) is 2.16. The zero-order chi connectivity index (χ0) is 10.9. The zero-order valence-corrected chi connectivity index (χ0v) is 9.07. The number of hydrogen-bond acceptors (Lipinski definition) is 3. The molecular formula is C11H18O4. The molecule has 0 saturated carbocycles. The van der Waals surface area contributed by atoms with Crippen molar-refractivity contribution >= 4 is 5.97 Å². The van der Waals surface area contributed by atoms with Crippen molar-refractivity contribution < 1.29 is 19.4 Å². The van der Waals surface area contributed by atoms with E-state index >= 15 is 0 Å². The largest absolute Gasteiger partial charge is 0.479 e. The molecule has 0 bridgehead atoms. The quantitative estimate of drug-likeness (QED) is 0.758. The fraction of sp³-hybridized carbons (Fsp3) is 0.909. The van der Waals surface area contributed by atoms with E-state index in [0.717, 1.165) is 32.3 Å². The van der Waals surface area contributed by atoms with Gasteiger partial charge in [0.1, 0.15) is 0 Å². The smallest absolute Gasteiger partial charge is 0.332 e. The maximum absolute atomic E-state index is 10.9. The van der Waals surface area contributed by atoms with Gasteiger partial charge in [-0.05, 0) is 39.0 Å². The second-order valence-corrected chi connectivity index (χ2v) is 4.65. The molecule has 0 aromatic carbocycles. The van der Waals surface area contributed by atoms with Crippen molar-refractivity contribution in [2.75, 3.05) is 6.61 Å². The highest BCUT2D eigenvalue weighted by molar-refractivity contribution is 5.72. The summed E-state index contributed by atoms with van der Waals surface area (Å²) in [6.45, 7) is 2.76. The first-order chi connectivity index (χ1) is 7.12. The molecule has 0 aliphatic carbocycles. The summed E-state index contributed by atoms with van der Waals surface area (Å²) in [7, 11) is 0. The van der Waals surface area contributed by atoms with Gasteiger partial charge in [-0.1, -0.05) is 0 Å². The molecule has 86 valence electrons. The second-order valence-electron chi connectivity index (χ2n) is 4.65. The lowest BCUT2D eigenvalue weighted by molar-refractivity contribution is -0.194. The molecule has 1 N–H and O–H groups in total. The molecule has 2 aliphatic heterocycles. The van der Waals surface area contributed by atoms with Gasteiger partial charge in [-0.3, -0.25) is 0 Å². The van der Waals surface area contributed by atoms with Crippen LogP contribution in [0.1, 0.15) is 39.0 Å². The molecule has 2 aliphatic rings. The lowest BCUT2D eigenvalue weighted by Gasteiger charge is -2.40. The summed E-state index contributed by atoms with van der Waals surface area (Å²) in [4.78, 5) is 10.9. The van der Waals surface area contributed by atoms with Gasteiger partial charge in [-0.15, -0.1) is 0 Å². The van der Waals surface area contributed by atoms with Crippen molar-refractivity contribution in [3.05, 3.63) is 0 Å². The van der Waals surface area contributed by atoms with E-state index < -0.39 is 17.7 Å². The first-order valence-electron chi connectivity index (χ1n) is 5.64. The maximum atomic E-state index is 10.9. The van der Waals surface area contributed by atoms with E-state index in [1.807, 2.05) is 6.92 Å². The topological polar surface area (TPSA) is 55.8 Å². The summed E-state index contributed by atoms with van der Waals surface area (Å²) in [6, 6.07) is 0. The summed E-state index contributed by atoms with van der Waals surface area (Å²) in [5, 5.41) is 8.95. The third-order valence-electron chi connectivity index (χ3n) is 3.44. The Morgan fingerprint density at radius 3 is 2.80 bits per heavy atom. The fourth-order valence-electron chi connectivity index (χ4n) is 2.55. The normalized spacial score (nSPS) is 41.7. The van der Waals surface area contributed by atoms with Crippen molar-refractivity contribution in [2.24, 2.45) is 0 Å². The van der Waals surface area contributed by atoms with E-state index in [9.17, 15) is 4.79 Å². The number of carboxylic acid groups (broad SMARTS) is 1. The van der Waals surface area contributed by atoms with E-state index in [4.69, 9.17) is 14.6 Å². The predicted octanol–water partition coefficient (Wildman–Crippen LogP) is 1.58. The van der Waals surface area contributed by atoms with Crippen LogP contribution in [0.25, 0.3) is 0 Å². The lowest BCUT2D eigenvalue weighted by atomic mass is 9.87. The average molecular weight is 214 g/mol. The van der Waals surface area contributed by atoms with Crippen molar-refractivity contribution in [3.63, 3.8) is 0 Å². The molecule has 4 heteroatoms. The summed E-state index contributed by atoms with van der Waals surface area (Å²) in [5.41, 5.74) is -0.391. The van der Waals surface area contributed by atoms with Crippen LogP contribution in [-0.2, 0) is 14.3 Å². The molecule has 0 radical (unpaired) electrons. The van der Waals surface area contributed by atoms with Crippen LogP contribution in [-0.4, -0.2) is 35.5 Å². The average Bonchev–Trinajstić information content (AvgIpc) is 2.71. The number of carboxylic acids is 1. The third-order valence-corrected chi connectivity index (χ3v) is 3.44. The van der Waals surface area contributed by atoms with Gasteiger partial charge >= 0.3 is 5.97 Å². The molecule has 3 unspecified atom stereocenters. The van der Waals surface area contributed by atoms with Crippen LogP contribution in [0.2, 0.25) is 0 Å². The minimum atomic E-state index is -0.848. The summed E-state index contributed by atoms with van der Waals surface area (Å²) < 4.78 is 11.3. The van der Waals surface area contributed by atoms with Crippen LogP contribution in [0, 0.1) is 0 Å². The van der Waals surface area contributed by atoms with Crippen LogP contribution in [0.15, 0.2) is 0 Å². The molecule has 0 aromatic heterocycles. The van der Waals surface area contributed by atoms with E-state index in [-0.39, 0.29) is 6.10 Å². The standard InChI is InChI=1S/C11H18O4/c1-11(9-5-3-7-14-9)6-2-4-8(15-11)10(12)13/h8-9H,2-7H2,1H3,(H,12,13). The molecule has 2 saturated heterocycles. The minimum absolute atomic E-state index is 0.0830. The highest BCUT2D eigenvalue weighted by atomic mass is 16.6. The molecule has 2 fully saturated rings. The molecule has 4 nitrogen and oxygen atoms in total. The first-order valence-corrected chi connectivity index (χ1v) is 5.64. The van der Waals surface area contributed by atoms with Crippen LogP contribution in [0.3, 0.4) is 0 Å². The summed E-state index contributed by atoms with van der Waals surface area (Å²) in [6.07, 6.45) is 3.92. The second kappa shape index (κ2) is 4.10. The molecule has 2 rings (SSSR count). The monoisotopic (exact) mass is 214 g/mol. The van der Waals surface area contributed by atoms with Crippen LogP contribution in [0.5, 0.6) is 0 Å². The zero-order valence-electron chi connectivity index (χ0n) is 9.07. The Morgan fingerprint density at radius 1 is 1.40 bits per heavy atom.